The molecule has 0 bridgehead atoms. The van der Waals surface area contributed by atoms with Crippen LogP contribution in [0.1, 0.15) is 126 Å². The molecule has 0 radical (unpaired) electrons. The average molecular weight is 654 g/mol. The molecule has 0 unspecified atom stereocenters. The van der Waals surface area contributed by atoms with Gasteiger partial charge in [-0.3, -0.25) is 19.2 Å². The third-order valence-electron chi connectivity index (χ3n) is 8.83. The fourth-order valence-electron chi connectivity index (χ4n) is 6.25. The topological polar surface area (TPSA) is 206 Å². The number of hydrogen-bond acceptors (Lipinski definition) is 6. The Morgan fingerprint density at radius 3 is 1.39 bits per heavy atom. The number of amides is 5. The molecular formula is C33H59N5O8. The van der Waals surface area contributed by atoms with E-state index in [4.69, 9.17) is 9.39 Å². The van der Waals surface area contributed by atoms with Gasteiger partial charge in [0.15, 0.2) is 0 Å². The van der Waals surface area contributed by atoms with Crippen molar-refractivity contribution in [3.63, 3.8) is 0 Å². The number of carbonyl (C=O) groups excluding carboxylic acids is 5. The van der Waals surface area contributed by atoms with Crippen LogP contribution in [-0.2, 0) is 28.6 Å². The van der Waals surface area contributed by atoms with E-state index >= 15 is 0 Å². The zero-order valence-corrected chi connectivity index (χ0v) is 29.3. The van der Waals surface area contributed by atoms with E-state index in [0.29, 0.717) is 13.0 Å². The third-order valence-corrected chi connectivity index (χ3v) is 8.83. The van der Waals surface area contributed by atoms with Crippen LogP contribution in [0, 0.1) is 17.5 Å². The molecule has 2 rings (SSSR count). The minimum atomic E-state index is -1.21. The molecule has 2 aliphatic carbocycles. The normalized spacial score (nSPS) is 17.3. The summed E-state index contributed by atoms with van der Waals surface area (Å²) in [5, 5.41) is 14.3. The van der Waals surface area contributed by atoms with Gasteiger partial charge < -0.3 is 36.8 Å². The summed E-state index contributed by atoms with van der Waals surface area (Å²) in [6, 6.07) is 0. The Hall–Kier alpha value is -3.15. The molecule has 0 saturated heterocycles. The van der Waals surface area contributed by atoms with Crippen molar-refractivity contribution in [3.05, 3.63) is 6.65 Å². The predicted octanol–water partition coefficient (Wildman–Crippen LogP) is 2.98. The van der Waals surface area contributed by atoms with Gasteiger partial charge in [-0.2, -0.15) is 0 Å². The van der Waals surface area contributed by atoms with Crippen molar-refractivity contribution in [2.75, 3.05) is 20.1 Å². The zero-order valence-electron chi connectivity index (χ0n) is 29.3. The second-order valence-corrected chi connectivity index (χ2v) is 14.9. The Balaban J connectivity index is 0.00000661. The molecule has 2 saturated carbocycles. The molecule has 46 heavy (non-hydrogen) atoms. The summed E-state index contributed by atoms with van der Waals surface area (Å²) in [5.74, 6) is -0.932. The van der Waals surface area contributed by atoms with Gasteiger partial charge in [-0.05, 0) is 85.0 Å². The zero-order chi connectivity index (χ0) is 34.5. The van der Waals surface area contributed by atoms with Crippen LogP contribution < -0.4 is 26.6 Å². The van der Waals surface area contributed by atoms with Gasteiger partial charge in [0.1, 0.15) is 16.7 Å². The number of nitrogens with one attached hydrogen (secondary N) is 5. The maximum atomic E-state index is 13.4. The Kier molecular flexibility index (Phi) is 17.0. The Bertz CT molecular complexity index is 1050. The Morgan fingerprint density at radius 2 is 1.02 bits per heavy atom. The number of ether oxygens (including phenoxy) is 1. The molecule has 2 fully saturated rings. The van der Waals surface area contributed by atoms with Gasteiger partial charge in [0.05, 0.1) is 0 Å². The van der Waals surface area contributed by atoms with E-state index in [9.17, 15) is 24.0 Å². The van der Waals surface area contributed by atoms with E-state index in [0.717, 1.165) is 64.2 Å². The van der Waals surface area contributed by atoms with E-state index in [-0.39, 0.29) is 47.5 Å². The van der Waals surface area contributed by atoms with Gasteiger partial charge in [0.25, 0.3) is 0 Å². The quantitative estimate of drug-likeness (QED) is 0.158. The van der Waals surface area contributed by atoms with Crippen LogP contribution in [0.15, 0.2) is 0 Å². The van der Waals surface area contributed by atoms with E-state index in [1.54, 1.807) is 55.5 Å². The van der Waals surface area contributed by atoms with Gasteiger partial charge in [0, 0.05) is 33.0 Å². The van der Waals surface area contributed by atoms with Gasteiger partial charge in [-0.25, -0.2) is 4.79 Å². The molecule has 0 spiro atoms. The molecule has 0 aliphatic heterocycles. The molecule has 5 amide bonds. The molecule has 0 aromatic heterocycles. The van der Waals surface area contributed by atoms with Gasteiger partial charge in [-0.1, -0.05) is 38.5 Å². The van der Waals surface area contributed by atoms with E-state index < -0.39 is 28.2 Å². The van der Waals surface area contributed by atoms with E-state index in [1.165, 1.54) is 0 Å². The van der Waals surface area contributed by atoms with E-state index in [1.807, 2.05) is 0 Å². The van der Waals surface area contributed by atoms with Crippen molar-refractivity contribution in [3.8, 4) is 0 Å². The molecule has 0 heterocycles. The van der Waals surface area contributed by atoms with Crippen molar-refractivity contribution in [2.24, 2.45) is 10.8 Å². The summed E-state index contributed by atoms with van der Waals surface area (Å²) in [6.45, 7) is 17.0. The Morgan fingerprint density at radius 1 is 0.652 bits per heavy atom. The van der Waals surface area contributed by atoms with Crippen LogP contribution >= 0.6 is 0 Å². The molecule has 264 valence electrons. The van der Waals surface area contributed by atoms with Crippen LogP contribution in [-0.4, -0.2) is 72.0 Å². The first-order chi connectivity index (χ1) is 20.8. The van der Waals surface area contributed by atoms with Gasteiger partial charge in [0.2, 0.25) is 23.6 Å². The van der Waals surface area contributed by atoms with Crippen LogP contribution in [0.25, 0.3) is 0 Å². The number of hydrogen-bond donors (Lipinski definition) is 5. The van der Waals surface area contributed by atoms with Crippen LogP contribution in [0.3, 0.4) is 0 Å². The second-order valence-electron chi connectivity index (χ2n) is 14.9. The van der Waals surface area contributed by atoms with E-state index in [2.05, 4.69) is 33.2 Å². The average Bonchev–Trinajstić information content (AvgIpc) is 2.95. The standard InChI is InChI=1S/C32H57N5O6.CO.H2O/c1-28(2,3)43-27(42)37-30(6,7)26(41)35-22-32(17-13-10-14-18-32)20-24(39)36-29(4,5)25(40)34-21-31(19-23(38)33-8)15-11-9-12-16-31;1-2;/h9-22H2,1-8H3,(H,33,38)(H,34,40)(H,35,41)(H,36,39)(H,37,42);;1H2. The number of rotatable bonds is 12. The molecule has 2 aliphatic rings. The molecule has 13 heteroatoms. The monoisotopic (exact) mass is 653 g/mol. The summed E-state index contributed by atoms with van der Waals surface area (Å²) in [6.07, 6.45) is 9.31. The van der Waals surface area contributed by atoms with Gasteiger partial charge >= 0.3 is 17.4 Å². The second kappa shape index (κ2) is 18.3. The predicted molar refractivity (Wildman–Crippen MR) is 174 cm³/mol. The Labute approximate surface area is 274 Å². The molecule has 13 nitrogen and oxygen atoms in total. The molecule has 7 N–H and O–H groups in total. The summed E-state index contributed by atoms with van der Waals surface area (Å²) in [7, 11) is 1.63. The number of carbonyl (C=O) groups is 5. The van der Waals surface area contributed by atoms with Crippen LogP contribution in [0.4, 0.5) is 4.79 Å². The summed E-state index contributed by atoms with van der Waals surface area (Å²) in [5.41, 5.74) is -3.78. The molecule has 0 atom stereocenters. The first-order valence-corrected chi connectivity index (χ1v) is 16.1. The fourth-order valence-corrected chi connectivity index (χ4v) is 6.25. The van der Waals surface area contributed by atoms with Crippen molar-refractivity contribution in [2.45, 2.75) is 142 Å². The van der Waals surface area contributed by atoms with Gasteiger partial charge in [-0.15, -0.1) is 0 Å². The van der Waals surface area contributed by atoms with Crippen LogP contribution in [0.5, 0.6) is 0 Å². The van der Waals surface area contributed by atoms with Crippen molar-refractivity contribution < 1.29 is 38.8 Å². The maximum absolute atomic E-state index is 13.4. The molecule has 0 aromatic rings. The van der Waals surface area contributed by atoms with Crippen molar-refractivity contribution >= 4 is 29.7 Å². The molecule has 0 aromatic carbocycles. The first-order valence-electron chi connectivity index (χ1n) is 16.1. The van der Waals surface area contributed by atoms with Crippen molar-refractivity contribution in [1.29, 1.82) is 0 Å². The third kappa shape index (κ3) is 14.1. The SMILES string of the molecule is CNC(=O)CC1(CNC(=O)C(C)(C)NC(=O)CC2(CNC(=O)C(C)(C)NC(=O)OC(C)(C)C)CCCCC2)CCCCC1.O.[C-]#[O+]. The number of alkyl carbamates (subject to hydrolysis) is 1. The van der Waals surface area contributed by atoms with Crippen molar-refractivity contribution in [1.82, 2.24) is 26.6 Å². The summed E-state index contributed by atoms with van der Waals surface area (Å²) < 4.78 is 12.8. The van der Waals surface area contributed by atoms with Crippen LogP contribution in [0.2, 0.25) is 0 Å². The molecular weight excluding hydrogens is 594 g/mol. The first kappa shape index (κ1) is 42.9. The fraction of sp³-hybridized carbons (Fsp3) is 0.818. The summed E-state index contributed by atoms with van der Waals surface area (Å²) >= 11 is 0. The summed E-state index contributed by atoms with van der Waals surface area (Å²) in [4.78, 5) is 64.3. The minimum absolute atomic E-state index is 0.